The minimum absolute atomic E-state index is 0.238. The fourth-order valence-electron chi connectivity index (χ4n) is 0.837. The van der Waals surface area contributed by atoms with Gasteiger partial charge in [-0.2, -0.15) is 0 Å². The highest BCUT2D eigenvalue weighted by Gasteiger charge is 2.25. The zero-order chi connectivity index (χ0) is 14.7. The fourth-order valence-corrected chi connectivity index (χ4v) is 0.837. The Hall–Kier alpha value is -0.175. The zero-order valence-corrected chi connectivity index (χ0v) is 13.2. The second-order valence-electron chi connectivity index (χ2n) is 4.92. The van der Waals surface area contributed by atoms with Crippen molar-refractivity contribution in [2.75, 3.05) is 0 Å². The standard InChI is InChI=1S/C12H30BN3O3/c1-7-10(4)14-17-13(18-15-11(5)8-2)19-16-12(6)9-3/h10-12,14-16H,7-9H2,1-6H3. The largest absolute Gasteiger partial charge is 0.692 e. The van der Waals surface area contributed by atoms with Crippen molar-refractivity contribution in [3.63, 3.8) is 0 Å². The molecule has 0 radical (unpaired) electrons. The van der Waals surface area contributed by atoms with Gasteiger partial charge in [0.1, 0.15) is 0 Å². The van der Waals surface area contributed by atoms with Gasteiger partial charge < -0.3 is 0 Å². The minimum Gasteiger partial charge on any atom is -0.298 e. The van der Waals surface area contributed by atoms with Gasteiger partial charge in [0.2, 0.25) is 0 Å². The Morgan fingerprint density at radius 2 is 0.947 bits per heavy atom. The first-order valence-corrected chi connectivity index (χ1v) is 7.26. The molecule has 0 aromatic carbocycles. The smallest absolute Gasteiger partial charge is 0.298 e. The molecule has 0 aliphatic heterocycles. The molecule has 0 fully saturated rings. The SMILES string of the molecule is CCC(C)NOB(ONC(C)CC)ONC(C)CC. The Morgan fingerprint density at radius 1 is 0.684 bits per heavy atom. The third-order valence-electron chi connectivity index (χ3n) is 2.93. The van der Waals surface area contributed by atoms with E-state index < -0.39 is 7.32 Å². The van der Waals surface area contributed by atoms with Crippen LogP contribution in [-0.4, -0.2) is 25.4 Å². The van der Waals surface area contributed by atoms with Gasteiger partial charge in [-0.3, -0.25) is 14.3 Å². The molecule has 0 saturated carbocycles. The first kappa shape index (κ1) is 18.8. The first-order valence-electron chi connectivity index (χ1n) is 7.26. The molecule has 3 N–H and O–H groups in total. The van der Waals surface area contributed by atoms with E-state index >= 15 is 0 Å². The van der Waals surface area contributed by atoms with Crippen LogP contribution in [0.25, 0.3) is 0 Å². The Balaban J connectivity index is 4.06. The molecule has 114 valence electrons. The second-order valence-corrected chi connectivity index (χ2v) is 4.92. The minimum atomic E-state index is -0.836. The van der Waals surface area contributed by atoms with Crippen molar-refractivity contribution in [1.29, 1.82) is 0 Å². The lowest BCUT2D eigenvalue weighted by atomic mass is 10.2. The third kappa shape index (κ3) is 10.3. The van der Waals surface area contributed by atoms with Crippen LogP contribution in [-0.2, 0) is 14.3 Å². The van der Waals surface area contributed by atoms with Crippen molar-refractivity contribution in [3.05, 3.63) is 0 Å². The molecule has 0 rings (SSSR count). The van der Waals surface area contributed by atoms with E-state index in [-0.39, 0.29) is 18.1 Å². The van der Waals surface area contributed by atoms with Crippen LogP contribution in [0.1, 0.15) is 60.8 Å². The molecular formula is C12H30BN3O3. The van der Waals surface area contributed by atoms with Gasteiger partial charge in [0, 0.05) is 18.1 Å². The van der Waals surface area contributed by atoms with Crippen LogP contribution < -0.4 is 16.4 Å². The summed E-state index contributed by atoms with van der Waals surface area (Å²) in [5.74, 6) is 0. The van der Waals surface area contributed by atoms with Gasteiger partial charge in [-0.1, -0.05) is 20.8 Å². The summed E-state index contributed by atoms with van der Waals surface area (Å²) >= 11 is 0. The summed E-state index contributed by atoms with van der Waals surface area (Å²) < 4.78 is 16.1. The van der Waals surface area contributed by atoms with Crippen LogP contribution in [0, 0.1) is 0 Å². The molecule has 0 saturated heterocycles. The number of hydrogen-bond donors (Lipinski definition) is 3. The van der Waals surface area contributed by atoms with Crippen molar-refractivity contribution in [3.8, 4) is 0 Å². The number of hydrogen-bond acceptors (Lipinski definition) is 6. The van der Waals surface area contributed by atoms with Gasteiger partial charge in [-0.15, -0.1) is 0 Å². The molecule has 0 aromatic rings. The lowest BCUT2D eigenvalue weighted by Crippen LogP contribution is -2.46. The van der Waals surface area contributed by atoms with E-state index in [4.69, 9.17) is 14.3 Å². The highest BCUT2D eigenvalue weighted by atomic mass is 16.9. The van der Waals surface area contributed by atoms with Gasteiger partial charge in [0.05, 0.1) is 0 Å². The van der Waals surface area contributed by atoms with E-state index in [2.05, 4.69) is 37.2 Å². The molecule has 3 atom stereocenters. The predicted molar refractivity (Wildman–Crippen MR) is 77.7 cm³/mol. The van der Waals surface area contributed by atoms with Crippen LogP contribution in [0.2, 0.25) is 0 Å². The van der Waals surface area contributed by atoms with Gasteiger partial charge in [-0.05, 0) is 40.0 Å². The Labute approximate surface area is 118 Å². The number of hydroxylamine groups is 3. The van der Waals surface area contributed by atoms with E-state index in [1.165, 1.54) is 0 Å². The Kier molecular flexibility index (Phi) is 11.5. The number of rotatable bonds is 12. The summed E-state index contributed by atoms with van der Waals surface area (Å²) in [5, 5.41) is 0. The van der Waals surface area contributed by atoms with Crippen molar-refractivity contribution in [1.82, 2.24) is 16.4 Å². The van der Waals surface area contributed by atoms with Crippen molar-refractivity contribution >= 4 is 7.32 Å². The van der Waals surface area contributed by atoms with Crippen molar-refractivity contribution in [2.24, 2.45) is 0 Å². The Bertz CT molecular complexity index is 179. The van der Waals surface area contributed by atoms with E-state index in [9.17, 15) is 0 Å². The molecule has 7 heteroatoms. The van der Waals surface area contributed by atoms with E-state index in [0.717, 1.165) is 19.3 Å². The van der Waals surface area contributed by atoms with Crippen LogP contribution in [0.15, 0.2) is 0 Å². The molecule has 0 amide bonds. The number of nitrogens with one attached hydrogen (secondary N) is 3. The van der Waals surface area contributed by atoms with Crippen LogP contribution in [0.3, 0.4) is 0 Å². The normalized spacial score (nSPS) is 16.1. The maximum absolute atomic E-state index is 5.37. The average Bonchev–Trinajstić information content (AvgIpc) is 2.44. The van der Waals surface area contributed by atoms with E-state index in [0.29, 0.717) is 0 Å². The van der Waals surface area contributed by atoms with Crippen molar-refractivity contribution < 1.29 is 14.3 Å². The second kappa shape index (κ2) is 11.6. The molecule has 0 heterocycles. The summed E-state index contributed by atoms with van der Waals surface area (Å²) in [6, 6.07) is 0.714. The molecule has 6 nitrogen and oxygen atoms in total. The molecule has 0 aromatic heterocycles. The summed E-state index contributed by atoms with van der Waals surface area (Å²) in [6.45, 7) is 12.3. The van der Waals surface area contributed by atoms with Gasteiger partial charge in [0.15, 0.2) is 0 Å². The lowest BCUT2D eigenvalue weighted by molar-refractivity contribution is -0.0292. The highest BCUT2D eigenvalue weighted by molar-refractivity contribution is 6.35. The molecular weight excluding hydrogens is 245 g/mol. The Morgan fingerprint density at radius 3 is 1.16 bits per heavy atom. The fraction of sp³-hybridized carbons (Fsp3) is 1.00. The third-order valence-corrected chi connectivity index (χ3v) is 2.93. The highest BCUT2D eigenvalue weighted by Crippen LogP contribution is 1.96. The summed E-state index contributed by atoms with van der Waals surface area (Å²) in [7, 11) is -0.836. The first-order chi connectivity index (χ1) is 9.03. The summed E-state index contributed by atoms with van der Waals surface area (Å²) in [4.78, 5) is 0. The topological polar surface area (TPSA) is 63.8 Å². The summed E-state index contributed by atoms with van der Waals surface area (Å²) in [6.07, 6.45) is 2.89. The predicted octanol–water partition coefficient (Wildman–Crippen LogP) is 1.93. The van der Waals surface area contributed by atoms with Crippen LogP contribution >= 0.6 is 0 Å². The zero-order valence-electron chi connectivity index (χ0n) is 13.2. The van der Waals surface area contributed by atoms with Crippen LogP contribution in [0.5, 0.6) is 0 Å². The van der Waals surface area contributed by atoms with Crippen LogP contribution in [0.4, 0.5) is 0 Å². The molecule has 0 aliphatic carbocycles. The summed E-state index contributed by atoms with van der Waals surface area (Å²) in [5.41, 5.74) is 8.66. The molecule has 19 heavy (non-hydrogen) atoms. The van der Waals surface area contributed by atoms with E-state index in [1.54, 1.807) is 0 Å². The van der Waals surface area contributed by atoms with Gasteiger partial charge >= 0.3 is 7.32 Å². The van der Waals surface area contributed by atoms with Crippen molar-refractivity contribution in [2.45, 2.75) is 78.9 Å². The lowest BCUT2D eigenvalue weighted by Gasteiger charge is -2.20. The average molecular weight is 275 g/mol. The van der Waals surface area contributed by atoms with E-state index in [1.807, 2.05) is 20.8 Å². The van der Waals surface area contributed by atoms with Gasteiger partial charge in [-0.25, -0.2) is 16.4 Å². The molecule has 0 bridgehead atoms. The maximum atomic E-state index is 5.37. The molecule has 3 unspecified atom stereocenters. The maximum Gasteiger partial charge on any atom is 0.692 e. The monoisotopic (exact) mass is 275 g/mol. The molecule has 0 aliphatic rings. The molecule has 0 spiro atoms. The quantitative estimate of drug-likeness (QED) is 0.373. The van der Waals surface area contributed by atoms with Gasteiger partial charge in [0.25, 0.3) is 0 Å².